The highest BCUT2D eigenvalue weighted by Crippen LogP contribution is 2.57. The van der Waals surface area contributed by atoms with Gasteiger partial charge in [0.2, 0.25) is 0 Å². The van der Waals surface area contributed by atoms with Crippen molar-refractivity contribution in [2.24, 2.45) is 34.5 Å². The Labute approximate surface area is 103 Å². The fourth-order valence-corrected chi connectivity index (χ4v) is 3.90. The molecule has 4 unspecified atom stereocenters. The van der Waals surface area contributed by atoms with Gasteiger partial charge in [-0.1, -0.05) is 61.8 Å². The molecule has 0 aromatic rings. The molecule has 0 radical (unpaired) electrons. The van der Waals surface area contributed by atoms with E-state index in [1.807, 2.05) is 0 Å². The molecule has 1 aliphatic rings. The van der Waals surface area contributed by atoms with Crippen molar-refractivity contribution in [2.75, 3.05) is 0 Å². The molecule has 0 spiro atoms. The summed E-state index contributed by atoms with van der Waals surface area (Å²) in [5.41, 5.74) is 0.901. The molecule has 0 amide bonds. The fraction of sp³-hybridized carbons (Fsp3) is 1.00. The standard InChI is InChI=1S/C16H32/c1-9-14-10-11(2)12(3)13(4)15(5,6)16(14,7)8/h11-14H,9-10H2,1-8H3. The van der Waals surface area contributed by atoms with Crippen molar-refractivity contribution >= 4 is 0 Å². The van der Waals surface area contributed by atoms with Crippen LogP contribution in [0.4, 0.5) is 0 Å². The van der Waals surface area contributed by atoms with Gasteiger partial charge in [-0.05, 0) is 40.9 Å². The van der Waals surface area contributed by atoms with Gasteiger partial charge in [0.05, 0.1) is 0 Å². The average molecular weight is 224 g/mol. The lowest BCUT2D eigenvalue weighted by Gasteiger charge is -2.49. The summed E-state index contributed by atoms with van der Waals surface area (Å²) >= 11 is 0. The molecule has 0 aromatic heterocycles. The average Bonchev–Trinajstić information content (AvgIpc) is 2.24. The molecule has 0 bridgehead atoms. The van der Waals surface area contributed by atoms with Crippen LogP contribution in [0.2, 0.25) is 0 Å². The lowest BCUT2D eigenvalue weighted by Crippen LogP contribution is -2.42. The molecule has 1 aliphatic carbocycles. The highest BCUT2D eigenvalue weighted by molar-refractivity contribution is 4.99. The van der Waals surface area contributed by atoms with E-state index >= 15 is 0 Å². The van der Waals surface area contributed by atoms with E-state index < -0.39 is 0 Å². The lowest BCUT2D eigenvalue weighted by atomic mass is 9.56. The Morgan fingerprint density at radius 3 is 1.88 bits per heavy atom. The van der Waals surface area contributed by atoms with Crippen molar-refractivity contribution < 1.29 is 0 Å². The first-order valence-electron chi connectivity index (χ1n) is 7.16. The van der Waals surface area contributed by atoms with Crippen LogP contribution in [-0.4, -0.2) is 0 Å². The topological polar surface area (TPSA) is 0 Å². The molecule has 0 aromatic carbocycles. The zero-order chi connectivity index (χ0) is 12.7. The Morgan fingerprint density at radius 2 is 1.44 bits per heavy atom. The summed E-state index contributed by atoms with van der Waals surface area (Å²) in [6.45, 7) is 19.8. The zero-order valence-corrected chi connectivity index (χ0v) is 12.7. The maximum Gasteiger partial charge on any atom is -0.0272 e. The molecule has 1 rings (SSSR count). The van der Waals surface area contributed by atoms with Crippen LogP contribution in [-0.2, 0) is 0 Å². The first-order valence-corrected chi connectivity index (χ1v) is 7.16. The smallest absolute Gasteiger partial charge is 0.0272 e. The Kier molecular flexibility index (Phi) is 3.82. The summed E-state index contributed by atoms with van der Waals surface area (Å²) in [5.74, 6) is 3.42. The molecule has 0 heteroatoms. The summed E-state index contributed by atoms with van der Waals surface area (Å²) in [4.78, 5) is 0. The molecule has 1 fully saturated rings. The number of hydrogen-bond donors (Lipinski definition) is 0. The van der Waals surface area contributed by atoms with E-state index in [2.05, 4.69) is 55.4 Å². The van der Waals surface area contributed by atoms with E-state index in [4.69, 9.17) is 0 Å². The van der Waals surface area contributed by atoms with Gasteiger partial charge in [0, 0.05) is 0 Å². The molecular formula is C16H32. The minimum Gasteiger partial charge on any atom is -0.0651 e. The van der Waals surface area contributed by atoms with Gasteiger partial charge >= 0.3 is 0 Å². The Balaban J connectivity index is 3.16. The van der Waals surface area contributed by atoms with Gasteiger partial charge in [-0.3, -0.25) is 0 Å². The normalized spacial score (nSPS) is 42.8. The molecule has 1 saturated carbocycles. The molecule has 16 heavy (non-hydrogen) atoms. The van der Waals surface area contributed by atoms with Crippen LogP contribution in [0.3, 0.4) is 0 Å². The summed E-state index contributed by atoms with van der Waals surface area (Å²) in [6.07, 6.45) is 2.75. The molecular weight excluding hydrogens is 192 g/mol. The number of rotatable bonds is 1. The highest BCUT2D eigenvalue weighted by Gasteiger charge is 2.50. The fourth-order valence-electron chi connectivity index (χ4n) is 3.90. The van der Waals surface area contributed by atoms with Gasteiger partial charge in [-0.2, -0.15) is 0 Å². The largest absolute Gasteiger partial charge is 0.0651 e. The lowest BCUT2D eigenvalue weighted by molar-refractivity contribution is -0.00570. The second-order valence-corrected chi connectivity index (χ2v) is 7.41. The van der Waals surface area contributed by atoms with E-state index in [9.17, 15) is 0 Å². The second kappa shape index (κ2) is 4.35. The van der Waals surface area contributed by atoms with Crippen LogP contribution in [0.1, 0.15) is 68.2 Å². The monoisotopic (exact) mass is 224 g/mol. The van der Waals surface area contributed by atoms with Crippen LogP contribution < -0.4 is 0 Å². The van der Waals surface area contributed by atoms with Gasteiger partial charge in [0.25, 0.3) is 0 Å². The van der Waals surface area contributed by atoms with Crippen LogP contribution >= 0.6 is 0 Å². The van der Waals surface area contributed by atoms with Gasteiger partial charge in [0.1, 0.15) is 0 Å². The maximum atomic E-state index is 2.50. The predicted molar refractivity (Wildman–Crippen MR) is 73.5 cm³/mol. The van der Waals surface area contributed by atoms with E-state index in [1.54, 1.807) is 0 Å². The van der Waals surface area contributed by atoms with Gasteiger partial charge in [0.15, 0.2) is 0 Å². The summed E-state index contributed by atoms with van der Waals surface area (Å²) < 4.78 is 0. The van der Waals surface area contributed by atoms with Crippen LogP contribution in [0.5, 0.6) is 0 Å². The second-order valence-electron chi connectivity index (χ2n) is 7.41. The third kappa shape index (κ3) is 1.93. The van der Waals surface area contributed by atoms with Crippen LogP contribution in [0.15, 0.2) is 0 Å². The van der Waals surface area contributed by atoms with Crippen molar-refractivity contribution in [3.05, 3.63) is 0 Å². The van der Waals surface area contributed by atoms with Crippen LogP contribution in [0.25, 0.3) is 0 Å². The van der Waals surface area contributed by atoms with Crippen molar-refractivity contribution in [1.82, 2.24) is 0 Å². The van der Waals surface area contributed by atoms with Crippen LogP contribution in [0, 0.1) is 34.5 Å². The van der Waals surface area contributed by atoms with Gasteiger partial charge < -0.3 is 0 Å². The van der Waals surface area contributed by atoms with Gasteiger partial charge in [-0.15, -0.1) is 0 Å². The Morgan fingerprint density at radius 1 is 0.938 bits per heavy atom. The molecule has 0 aliphatic heterocycles. The predicted octanol–water partition coefficient (Wildman–Crippen LogP) is 5.38. The Hall–Kier alpha value is 0. The third-order valence-corrected chi connectivity index (χ3v) is 6.66. The molecule has 96 valence electrons. The summed E-state index contributed by atoms with van der Waals surface area (Å²) in [5, 5.41) is 0. The van der Waals surface area contributed by atoms with E-state index in [-0.39, 0.29) is 0 Å². The van der Waals surface area contributed by atoms with E-state index in [0.717, 1.165) is 23.7 Å². The number of hydrogen-bond acceptors (Lipinski definition) is 0. The van der Waals surface area contributed by atoms with Crippen molar-refractivity contribution in [2.45, 2.75) is 68.2 Å². The quantitative estimate of drug-likeness (QED) is 0.525. The molecule has 0 heterocycles. The molecule has 0 N–H and O–H groups in total. The molecule has 0 saturated heterocycles. The molecule has 4 atom stereocenters. The zero-order valence-electron chi connectivity index (χ0n) is 12.7. The van der Waals surface area contributed by atoms with Crippen molar-refractivity contribution in [3.8, 4) is 0 Å². The molecule has 0 nitrogen and oxygen atoms in total. The third-order valence-electron chi connectivity index (χ3n) is 6.66. The Bertz CT molecular complexity index is 230. The van der Waals surface area contributed by atoms with Crippen molar-refractivity contribution in [3.63, 3.8) is 0 Å². The minimum absolute atomic E-state index is 0.442. The summed E-state index contributed by atoms with van der Waals surface area (Å²) in [6, 6.07) is 0. The van der Waals surface area contributed by atoms with E-state index in [0.29, 0.717) is 10.8 Å². The summed E-state index contributed by atoms with van der Waals surface area (Å²) in [7, 11) is 0. The highest BCUT2D eigenvalue weighted by atomic mass is 14.5. The van der Waals surface area contributed by atoms with E-state index in [1.165, 1.54) is 12.8 Å². The van der Waals surface area contributed by atoms with Gasteiger partial charge in [-0.25, -0.2) is 0 Å². The minimum atomic E-state index is 0.442. The first-order chi connectivity index (χ1) is 7.16. The van der Waals surface area contributed by atoms with Crippen molar-refractivity contribution in [1.29, 1.82) is 0 Å². The maximum absolute atomic E-state index is 2.50. The first kappa shape index (κ1) is 14.1. The SMILES string of the molecule is CCC1CC(C)C(C)C(C)C(C)(C)C1(C)C.